The molecule has 4 heteroatoms. The van der Waals surface area contributed by atoms with Crippen molar-refractivity contribution in [2.45, 2.75) is 12.3 Å². The van der Waals surface area contributed by atoms with Gasteiger partial charge in [-0.05, 0) is 24.1 Å². The number of aliphatic carboxylic acids is 1. The van der Waals surface area contributed by atoms with Gasteiger partial charge in [-0.25, -0.2) is 9.59 Å². The Kier molecular flexibility index (Phi) is 3.28. The summed E-state index contributed by atoms with van der Waals surface area (Å²) in [4.78, 5) is 21.5. The molecule has 0 heterocycles. The zero-order valence-electron chi connectivity index (χ0n) is 9.54. The summed E-state index contributed by atoms with van der Waals surface area (Å²) in [5.41, 5.74) is 1.53. The normalized spacial score (nSPS) is 18.2. The van der Waals surface area contributed by atoms with Gasteiger partial charge in [0, 0.05) is 5.92 Å². The van der Waals surface area contributed by atoms with E-state index in [-0.39, 0.29) is 11.5 Å². The van der Waals surface area contributed by atoms with Gasteiger partial charge in [0.2, 0.25) is 0 Å². The zero-order chi connectivity index (χ0) is 13.1. The molecule has 0 saturated carbocycles. The first-order valence-electron chi connectivity index (χ1n) is 5.53. The predicted molar refractivity (Wildman–Crippen MR) is 65.6 cm³/mol. The molecule has 92 valence electrons. The summed E-state index contributed by atoms with van der Waals surface area (Å²) in [6.07, 6.45) is 5.71. The van der Waals surface area contributed by atoms with Crippen LogP contribution in [0.3, 0.4) is 0 Å². The van der Waals surface area contributed by atoms with Crippen LogP contribution in [0.25, 0.3) is 0 Å². The standard InChI is InChI=1S/C14H12O4/c15-13(16)11-5-1-9(2-6-11)10-3-7-12(8-4-10)14(17)18/h1-3,5-8,10H,4H2,(H,15,16)(H,17,18). The number of rotatable bonds is 3. The maximum Gasteiger partial charge on any atom is 0.335 e. The van der Waals surface area contributed by atoms with Crippen LogP contribution in [0.15, 0.2) is 48.1 Å². The van der Waals surface area contributed by atoms with Gasteiger partial charge >= 0.3 is 11.9 Å². The Morgan fingerprint density at radius 3 is 2.17 bits per heavy atom. The van der Waals surface area contributed by atoms with Crippen LogP contribution in [0.4, 0.5) is 0 Å². The number of benzene rings is 1. The van der Waals surface area contributed by atoms with Crippen LogP contribution in [-0.4, -0.2) is 22.2 Å². The van der Waals surface area contributed by atoms with Crippen LogP contribution < -0.4 is 0 Å². The van der Waals surface area contributed by atoms with Crippen molar-refractivity contribution in [1.82, 2.24) is 0 Å². The minimum atomic E-state index is -0.950. The molecule has 4 nitrogen and oxygen atoms in total. The third-order valence-corrected chi connectivity index (χ3v) is 2.93. The lowest BCUT2D eigenvalue weighted by atomic mass is 9.90. The number of carboxylic acid groups (broad SMARTS) is 2. The van der Waals surface area contributed by atoms with Gasteiger partial charge in [0.1, 0.15) is 0 Å². The Morgan fingerprint density at radius 2 is 1.72 bits per heavy atom. The Morgan fingerprint density at radius 1 is 1.06 bits per heavy atom. The lowest BCUT2D eigenvalue weighted by molar-refractivity contribution is -0.132. The van der Waals surface area contributed by atoms with Gasteiger partial charge in [-0.3, -0.25) is 0 Å². The van der Waals surface area contributed by atoms with Crippen LogP contribution in [-0.2, 0) is 4.79 Å². The topological polar surface area (TPSA) is 74.6 Å². The highest BCUT2D eigenvalue weighted by Crippen LogP contribution is 2.27. The van der Waals surface area contributed by atoms with Crippen LogP contribution in [0.5, 0.6) is 0 Å². The summed E-state index contributed by atoms with van der Waals surface area (Å²) in [5.74, 6) is -1.77. The van der Waals surface area contributed by atoms with E-state index < -0.39 is 11.9 Å². The second-order valence-electron chi connectivity index (χ2n) is 4.09. The number of hydrogen-bond donors (Lipinski definition) is 2. The summed E-state index contributed by atoms with van der Waals surface area (Å²) >= 11 is 0. The lowest BCUT2D eigenvalue weighted by Gasteiger charge is -2.15. The third-order valence-electron chi connectivity index (χ3n) is 2.93. The quantitative estimate of drug-likeness (QED) is 0.856. The summed E-state index contributed by atoms with van der Waals surface area (Å²) in [6.45, 7) is 0. The molecule has 0 saturated heterocycles. The van der Waals surface area contributed by atoms with E-state index in [2.05, 4.69) is 0 Å². The van der Waals surface area contributed by atoms with E-state index in [1.54, 1.807) is 36.4 Å². The summed E-state index contributed by atoms with van der Waals surface area (Å²) in [6, 6.07) is 6.64. The zero-order valence-corrected chi connectivity index (χ0v) is 9.54. The summed E-state index contributed by atoms with van der Waals surface area (Å²) in [7, 11) is 0. The monoisotopic (exact) mass is 244 g/mol. The lowest BCUT2D eigenvalue weighted by Crippen LogP contribution is -2.05. The fraction of sp³-hybridized carbons (Fsp3) is 0.143. The minimum absolute atomic E-state index is 0.107. The molecule has 1 aliphatic carbocycles. The molecule has 1 aromatic rings. The fourth-order valence-corrected chi connectivity index (χ4v) is 1.90. The molecular formula is C14H12O4. The van der Waals surface area contributed by atoms with Gasteiger partial charge in [0.05, 0.1) is 11.1 Å². The van der Waals surface area contributed by atoms with E-state index in [0.717, 1.165) is 5.56 Å². The number of hydrogen-bond acceptors (Lipinski definition) is 2. The van der Waals surface area contributed by atoms with Crippen LogP contribution in [0.1, 0.15) is 28.3 Å². The van der Waals surface area contributed by atoms with Gasteiger partial charge in [-0.15, -0.1) is 0 Å². The van der Waals surface area contributed by atoms with Crippen molar-refractivity contribution in [1.29, 1.82) is 0 Å². The first-order chi connectivity index (χ1) is 8.58. The molecule has 2 rings (SSSR count). The molecule has 0 fully saturated rings. The summed E-state index contributed by atoms with van der Waals surface area (Å²) in [5, 5.41) is 17.6. The maximum absolute atomic E-state index is 10.7. The molecule has 1 atom stereocenters. The SMILES string of the molecule is O=C(O)C1=CCC(c2ccc(C(=O)O)cc2)C=C1. The van der Waals surface area contributed by atoms with Crippen molar-refractivity contribution in [3.63, 3.8) is 0 Å². The smallest absolute Gasteiger partial charge is 0.335 e. The fourth-order valence-electron chi connectivity index (χ4n) is 1.90. The van der Waals surface area contributed by atoms with E-state index in [0.29, 0.717) is 12.0 Å². The number of carboxylic acids is 2. The van der Waals surface area contributed by atoms with E-state index in [4.69, 9.17) is 10.2 Å². The molecule has 1 unspecified atom stereocenters. The third kappa shape index (κ3) is 2.48. The molecule has 0 amide bonds. The van der Waals surface area contributed by atoms with Crippen molar-refractivity contribution < 1.29 is 19.8 Å². The minimum Gasteiger partial charge on any atom is -0.478 e. The Hall–Kier alpha value is -2.36. The predicted octanol–water partition coefficient (Wildman–Crippen LogP) is 2.44. The second-order valence-corrected chi connectivity index (χ2v) is 4.09. The van der Waals surface area contributed by atoms with Crippen LogP contribution in [0, 0.1) is 0 Å². The van der Waals surface area contributed by atoms with E-state index >= 15 is 0 Å². The highest BCUT2D eigenvalue weighted by molar-refractivity contribution is 5.90. The Bertz CT molecular complexity index is 537. The highest BCUT2D eigenvalue weighted by Gasteiger charge is 2.14. The molecule has 0 radical (unpaired) electrons. The van der Waals surface area contributed by atoms with Crippen LogP contribution in [0.2, 0.25) is 0 Å². The van der Waals surface area contributed by atoms with Gasteiger partial charge in [0.25, 0.3) is 0 Å². The van der Waals surface area contributed by atoms with Crippen molar-refractivity contribution in [2.24, 2.45) is 0 Å². The molecule has 0 aliphatic heterocycles. The largest absolute Gasteiger partial charge is 0.478 e. The summed E-state index contributed by atoms with van der Waals surface area (Å²) < 4.78 is 0. The van der Waals surface area contributed by atoms with Gasteiger partial charge in [-0.1, -0.05) is 30.4 Å². The van der Waals surface area contributed by atoms with Gasteiger partial charge in [-0.2, -0.15) is 0 Å². The van der Waals surface area contributed by atoms with E-state index in [1.807, 2.05) is 6.08 Å². The highest BCUT2D eigenvalue weighted by atomic mass is 16.4. The van der Waals surface area contributed by atoms with Crippen molar-refractivity contribution in [2.75, 3.05) is 0 Å². The number of carbonyl (C=O) groups is 2. The Balaban J connectivity index is 2.13. The van der Waals surface area contributed by atoms with Crippen molar-refractivity contribution >= 4 is 11.9 Å². The number of aromatic carboxylic acids is 1. The average Bonchev–Trinajstić information content (AvgIpc) is 2.39. The van der Waals surface area contributed by atoms with Crippen molar-refractivity contribution in [3.05, 3.63) is 59.2 Å². The molecule has 18 heavy (non-hydrogen) atoms. The second kappa shape index (κ2) is 4.87. The molecule has 0 spiro atoms. The molecule has 0 aromatic heterocycles. The molecule has 1 aliphatic rings. The van der Waals surface area contributed by atoms with Crippen molar-refractivity contribution in [3.8, 4) is 0 Å². The van der Waals surface area contributed by atoms with Gasteiger partial charge < -0.3 is 10.2 Å². The van der Waals surface area contributed by atoms with E-state index in [1.165, 1.54) is 0 Å². The first kappa shape index (κ1) is 12.1. The first-order valence-corrected chi connectivity index (χ1v) is 5.53. The molecule has 1 aromatic carbocycles. The average molecular weight is 244 g/mol. The Labute approximate surface area is 104 Å². The molecular weight excluding hydrogens is 232 g/mol. The van der Waals surface area contributed by atoms with Gasteiger partial charge in [0.15, 0.2) is 0 Å². The molecule has 2 N–H and O–H groups in total. The number of allylic oxidation sites excluding steroid dienone is 2. The molecule has 0 bridgehead atoms. The van der Waals surface area contributed by atoms with E-state index in [9.17, 15) is 9.59 Å². The van der Waals surface area contributed by atoms with Crippen LogP contribution >= 0.6 is 0 Å². The maximum atomic E-state index is 10.7.